The van der Waals surface area contributed by atoms with Gasteiger partial charge in [-0.15, -0.1) is 24.8 Å². The number of halogens is 2. The maximum absolute atomic E-state index is 12.3. The molecule has 2 aliphatic rings. The molecule has 1 aromatic rings. The van der Waals surface area contributed by atoms with Crippen molar-refractivity contribution in [3.8, 4) is 0 Å². The molecule has 1 aliphatic heterocycles. The molecule has 2 unspecified atom stereocenters. The fourth-order valence-corrected chi connectivity index (χ4v) is 3.58. The molecule has 0 bridgehead atoms. The second-order valence-electron chi connectivity index (χ2n) is 6.76. The lowest BCUT2D eigenvalue weighted by atomic mass is 10.0. The van der Waals surface area contributed by atoms with Crippen LogP contribution in [0.4, 0.5) is 5.82 Å². The molecule has 3 N–H and O–H groups in total. The third-order valence-corrected chi connectivity index (χ3v) is 5.08. The number of piperidine rings is 1. The number of nitrogens with one attached hydrogen (secondary N) is 1. The van der Waals surface area contributed by atoms with Gasteiger partial charge in [0.2, 0.25) is 5.91 Å². The molecule has 2 atom stereocenters. The Labute approximate surface area is 162 Å². The van der Waals surface area contributed by atoms with Crippen molar-refractivity contribution >= 4 is 36.5 Å². The van der Waals surface area contributed by atoms with Crippen LogP contribution < -0.4 is 16.0 Å². The average molecular weight is 390 g/mol. The van der Waals surface area contributed by atoms with E-state index in [2.05, 4.69) is 33.2 Å². The molecule has 2 fully saturated rings. The van der Waals surface area contributed by atoms with E-state index in [1.54, 1.807) is 6.33 Å². The Bertz CT molecular complexity index is 552. The summed E-state index contributed by atoms with van der Waals surface area (Å²) in [5.74, 6) is 1.33. The normalized spacial score (nSPS) is 23.5. The van der Waals surface area contributed by atoms with Crippen LogP contribution in [-0.2, 0) is 11.2 Å². The zero-order chi connectivity index (χ0) is 16.2. The van der Waals surface area contributed by atoms with Gasteiger partial charge in [0.15, 0.2) is 0 Å². The van der Waals surface area contributed by atoms with Crippen molar-refractivity contribution in [1.29, 1.82) is 0 Å². The van der Waals surface area contributed by atoms with E-state index in [0.29, 0.717) is 0 Å². The van der Waals surface area contributed by atoms with Gasteiger partial charge >= 0.3 is 0 Å². The van der Waals surface area contributed by atoms with Crippen molar-refractivity contribution < 1.29 is 4.79 Å². The number of anilines is 1. The van der Waals surface area contributed by atoms with Crippen LogP contribution in [0.1, 0.15) is 44.7 Å². The first-order valence-electron chi connectivity index (χ1n) is 8.77. The molecule has 0 spiro atoms. The third-order valence-electron chi connectivity index (χ3n) is 5.08. The smallest absolute Gasteiger partial charge is 0.223 e. The molecular weight excluding hydrogens is 361 g/mol. The molecule has 1 saturated heterocycles. The van der Waals surface area contributed by atoms with Crippen molar-refractivity contribution in [2.24, 2.45) is 11.7 Å². The van der Waals surface area contributed by atoms with Gasteiger partial charge in [-0.2, -0.15) is 0 Å². The standard InChI is InChI=1S/C17H27N5O.2ClH/c1-2-14-10-16(20-11-19-14)22-7-5-15(6-8-22)21-17(23)12-3-4-13(18)9-12;;/h10-13,15H,2-9,18H2,1H3,(H,21,23);2*1H. The molecule has 8 heteroatoms. The molecule has 0 aromatic carbocycles. The van der Waals surface area contributed by atoms with Crippen LogP contribution in [0.15, 0.2) is 12.4 Å². The van der Waals surface area contributed by atoms with E-state index >= 15 is 0 Å². The zero-order valence-electron chi connectivity index (χ0n) is 14.7. The molecule has 25 heavy (non-hydrogen) atoms. The van der Waals surface area contributed by atoms with Gasteiger partial charge in [-0.1, -0.05) is 6.92 Å². The minimum atomic E-state index is 0. The fourth-order valence-electron chi connectivity index (χ4n) is 3.58. The first-order chi connectivity index (χ1) is 11.2. The summed E-state index contributed by atoms with van der Waals surface area (Å²) in [4.78, 5) is 23.2. The highest BCUT2D eigenvalue weighted by atomic mass is 35.5. The van der Waals surface area contributed by atoms with E-state index in [1.807, 2.05) is 0 Å². The molecule has 142 valence electrons. The van der Waals surface area contributed by atoms with Gasteiger partial charge in [0.1, 0.15) is 12.1 Å². The number of aromatic nitrogens is 2. The molecule has 3 rings (SSSR count). The molecule has 0 radical (unpaired) electrons. The van der Waals surface area contributed by atoms with Crippen LogP contribution in [0.3, 0.4) is 0 Å². The maximum Gasteiger partial charge on any atom is 0.223 e. The zero-order valence-corrected chi connectivity index (χ0v) is 16.3. The predicted octanol–water partition coefficient (Wildman–Crippen LogP) is 2.10. The topological polar surface area (TPSA) is 84.1 Å². The summed E-state index contributed by atoms with van der Waals surface area (Å²) in [6.07, 6.45) is 7.25. The number of nitrogens with zero attached hydrogens (tertiary/aromatic N) is 3. The van der Waals surface area contributed by atoms with E-state index < -0.39 is 0 Å². The Hall–Kier alpha value is -1.11. The number of aryl methyl sites for hydroxylation is 1. The van der Waals surface area contributed by atoms with E-state index in [4.69, 9.17) is 5.73 Å². The van der Waals surface area contributed by atoms with Crippen LogP contribution in [0.5, 0.6) is 0 Å². The number of carbonyl (C=O) groups is 1. The summed E-state index contributed by atoms with van der Waals surface area (Å²) < 4.78 is 0. The molecule has 6 nitrogen and oxygen atoms in total. The maximum atomic E-state index is 12.3. The highest BCUT2D eigenvalue weighted by Crippen LogP contribution is 2.25. The first kappa shape index (κ1) is 21.9. The second kappa shape index (κ2) is 10.1. The van der Waals surface area contributed by atoms with Crippen LogP contribution in [0.2, 0.25) is 0 Å². The quantitative estimate of drug-likeness (QED) is 0.823. The number of rotatable bonds is 4. The highest BCUT2D eigenvalue weighted by molar-refractivity contribution is 5.85. The SMILES string of the molecule is CCc1cc(N2CCC(NC(=O)C3CCC(N)C3)CC2)ncn1.Cl.Cl. The van der Waals surface area contributed by atoms with Gasteiger partial charge in [0.25, 0.3) is 0 Å². The Morgan fingerprint density at radius 2 is 1.96 bits per heavy atom. The Kier molecular flexibility index (Phi) is 8.89. The summed E-state index contributed by atoms with van der Waals surface area (Å²) in [5, 5.41) is 3.22. The number of amides is 1. The molecular formula is C17H29Cl2N5O. The predicted molar refractivity (Wildman–Crippen MR) is 105 cm³/mol. The third kappa shape index (κ3) is 5.69. The van der Waals surface area contributed by atoms with Gasteiger partial charge in [0, 0.05) is 42.9 Å². The van der Waals surface area contributed by atoms with Gasteiger partial charge in [-0.25, -0.2) is 9.97 Å². The molecule has 2 heterocycles. The Balaban J connectivity index is 0.00000156. The average Bonchev–Trinajstić information content (AvgIpc) is 3.02. The van der Waals surface area contributed by atoms with E-state index in [9.17, 15) is 4.79 Å². The number of hydrogen-bond acceptors (Lipinski definition) is 5. The molecule has 1 aliphatic carbocycles. The van der Waals surface area contributed by atoms with Crippen molar-refractivity contribution in [3.05, 3.63) is 18.1 Å². The minimum absolute atomic E-state index is 0. The van der Waals surface area contributed by atoms with Crippen LogP contribution in [0.25, 0.3) is 0 Å². The lowest BCUT2D eigenvalue weighted by molar-refractivity contribution is -0.125. The summed E-state index contributed by atoms with van der Waals surface area (Å²) in [7, 11) is 0. The Morgan fingerprint density at radius 1 is 1.24 bits per heavy atom. The van der Waals surface area contributed by atoms with Gasteiger partial charge < -0.3 is 16.0 Å². The van der Waals surface area contributed by atoms with Gasteiger partial charge in [-0.3, -0.25) is 4.79 Å². The van der Waals surface area contributed by atoms with E-state index in [0.717, 1.165) is 63.1 Å². The van der Waals surface area contributed by atoms with Gasteiger partial charge in [0.05, 0.1) is 0 Å². The molecule has 1 aromatic heterocycles. The minimum Gasteiger partial charge on any atom is -0.356 e. The van der Waals surface area contributed by atoms with Crippen LogP contribution in [0, 0.1) is 5.92 Å². The van der Waals surface area contributed by atoms with Crippen molar-refractivity contribution in [2.45, 2.75) is 57.5 Å². The number of carbonyl (C=O) groups excluding carboxylic acids is 1. The summed E-state index contributed by atoms with van der Waals surface area (Å²) in [5.41, 5.74) is 6.98. The first-order valence-corrected chi connectivity index (χ1v) is 8.77. The van der Waals surface area contributed by atoms with E-state index in [1.165, 1.54) is 0 Å². The van der Waals surface area contributed by atoms with Crippen LogP contribution in [-0.4, -0.2) is 41.0 Å². The van der Waals surface area contributed by atoms with Crippen molar-refractivity contribution in [2.75, 3.05) is 18.0 Å². The molecule has 1 saturated carbocycles. The monoisotopic (exact) mass is 389 g/mol. The number of nitrogens with two attached hydrogens (primary N) is 1. The Morgan fingerprint density at radius 3 is 2.56 bits per heavy atom. The van der Waals surface area contributed by atoms with Crippen LogP contribution >= 0.6 is 24.8 Å². The second-order valence-corrected chi connectivity index (χ2v) is 6.76. The largest absolute Gasteiger partial charge is 0.356 e. The van der Waals surface area contributed by atoms with Crippen molar-refractivity contribution in [3.63, 3.8) is 0 Å². The summed E-state index contributed by atoms with van der Waals surface area (Å²) in [6.45, 7) is 3.95. The van der Waals surface area contributed by atoms with E-state index in [-0.39, 0.29) is 48.7 Å². The van der Waals surface area contributed by atoms with Gasteiger partial charge in [-0.05, 0) is 38.5 Å². The summed E-state index contributed by atoms with van der Waals surface area (Å²) >= 11 is 0. The van der Waals surface area contributed by atoms with Crippen molar-refractivity contribution in [1.82, 2.24) is 15.3 Å². The lowest BCUT2D eigenvalue weighted by Gasteiger charge is -2.33. The lowest BCUT2D eigenvalue weighted by Crippen LogP contribution is -2.46. The fraction of sp³-hybridized carbons (Fsp3) is 0.706. The highest BCUT2D eigenvalue weighted by Gasteiger charge is 2.30. The summed E-state index contributed by atoms with van der Waals surface area (Å²) in [6, 6.07) is 2.56. The molecule has 1 amide bonds. The number of hydrogen-bond donors (Lipinski definition) is 2.